The van der Waals surface area contributed by atoms with E-state index in [9.17, 15) is 36.5 Å². The third-order valence-corrected chi connectivity index (χ3v) is 3.04. The SMILES string of the molecule is O=[N+]([O-])c1ccc(-c2ccc(C(F)(F)F)cc2)c(C(F)(F)F)c1. The van der Waals surface area contributed by atoms with Crippen molar-refractivity contribution in [2.45, 2.75) is 12.4 Å². The highest BCUT2D eigenvalue weighted by molar-refractivity contribution is 5.70. The third kappa shape index (κ3) is 3.61. The highest BCUT2D eigenvalue weighted by Crippen LogP contribution is 2.39. The lowest BCUT2D eigenvalue weighted by Crippen LogP contribution is -2.08. The second kappa shape index (κ2) is 5.56. The molecule has 2 aromatic carbocycles. The molecule has 0 amide bonds. The van der Waals surface area contributed by atoms with Gasteiger partial charge < -0.3 is 0 Å². The number of rotatable bonds is 2. The van der Waals surface area contributed by atoms with Crippen molar-refractivity contribution in [3.63, 3.8) is 0 Å². The molecule has 2 aromatic rings. The van der Waals surface area contributed by atoms with Crippen molar-refractivity contribution >= 4 is 5.69 Å². The van der Waals surface area contributed by atoms with E-state index in [1.54, 1.807) is 0 Å². The van der Waals surface area contributed by atoms with Crippen LogP contribution in [0.2, 0.25) is 0 Å². The molecule has 3 nitrogen and oxygen atoms in total. The van der Waals surface area contributed by atoms with E-state index in [1.165, 1.54) is 0 Å². The topological polar surface area (TPSA) is 43.1 Å². The van der Waals surface area contributed by atoms with Gasteiger partial charge in [0, 0.05) is 12.1 Å². The van der Waals surface area contributed by atoms with Crippen molar-refractivity contribution in [2.75, 3.05) is 0 Å². The summed E-state index contributed by atoms with van der Waals surface area (Å²) in [6.07, 6.45) is -9.50. The lowest BCUT2D eigenvalue weighted by molar-refractivity contribution is -0.385. The maximum Gasteiger partial charge on any atom is 0.417 e. The molecular formula is C14H7F6NO2. The van der Waals surface area contributed by atoms with Crippen LogP contribution in [0.4, 0.5) is 32.0 Å². The molecule has 0 aliphatic rings. The van der Waals surface area contributed by atoms with Crippen LogP contribution >= 0.6 is 0 Å². The molecule has 0 fully saturated rings. The molecule has 0 aliphatic heterocycles. The fourth-order valence-electron chi connectivity index (χ4n) is 1.97. The number of hydrogen-bond acceptors (Lipinski definition) is 2. The third-order valence-electron chi connectivity index (χ3n) is 3.04. The molecule has 0 spiro atoms. The van der Waals surface area contributed by atoms with E-state index in [4.69, 9.17) is 0 Å². The Kier molecular flexibility index (Phi) is 4.06. The largest absolute Gasteiger partial charge is 0.417 e. The Morgan fingerprint density at radius 1 is 0.826 bits per heavy atom. The summed E-state index contributed by atoms with van der Waals surface area (Å²) in [5.74, 6) is 0. The van der Waals surface area contributed by atoms with Crippen LogP contribution in [0.15, 0.2) is 42.5 Å². The Morgan fingerprint density at radius 3 is 1.83 bits per heavy atom. The molecule has 0 radical (unpaired) electrons. The quantitative estimate of drug-likeness (QED) is 0.425. The van der Waals surface area contributed by atoms with Crippen LogP contribution < -0.4 is 0 Å². The number of non-ortho nitro benzene ring substituents is 1. The first kappa shape index (κ1) is 16.8. The zero-order valence-electron chi connectivity index (χ0n) is 11.1. The highest BCUT2D eigenvalue weighted by Gasteiger charge is 2.36. The number of nitrogens with zero attached hydrogens (tertiary/aromatic N) is 1. The summed E-state index contributed by atoms with van der Waals surface area (Å²) >= 11 is 0. The van der Waals surface area contributed by atoms with E-state index in [0.717, 1.165) is 24.3 Å². The van der Waals surface area contributed by atoms with E-state index in [-0.39, 0.29) is 5.56 Å². The Hall–Kier alpha value is -2.58. The monoisotopic (exact) mass is 335 g/mol. The summed E-state index contributed by atoms with van der Waals surface area (Å²) in [6.45, 7) is 0. The number of nitro groups is 1. The van der Waals surface area contributed by atoms with Crippen LogP contribution in [-0.2, 0) is 12.4 Å². The molecule has 9 heteroatoms. The van der Waals surface area contributed by atoms with Crippen LogP contribution in [0.1, 0.15) is 11.1 Å². The lowest BCUT2D eigenvalue weighted by atomic mass is 9.97. The Morgan fingerprint density at radius 2 is 1.39 bits per heavy atom. The van der Waals surface area contributed by atoms with Gasteiger partial charge in [0.15, 0.2) is 0 Å². The Labute approximate surface area is 125 Å². The van der Waals surface area contributed by atoms with Crippen LogP contribution in [0, 0.1) is 10.1 Å². The number of benzene rings is 2. The molecule has 122 valence electrons. The van der Waals surface area contributed by atoms with E-state index >= 15 is 0 Å². The van der Waals surface area contributed by atoms with Crippen molar-refractivity contribution in [1.29, 1.82) is 0 Å². The minimum absolute atomic E-state index is 0.125. The van der Waals surface area contributed by atoms with Gasteiger partial charge >= 0.3 is 12.4 Å². The zero-order chi connectivity index (χ0) is 17.4. The summed E-state index contributed by atoms with van der Waals surface area (Å²) in [5, 5.41) is 10.6. The summed E-state index contributed by atoms with van der Waals surface area (Å²) in [7, 11) is 0. The number of halogens is 6. The molecule has 0 N–H and O–H groups in total. The van der Waals surface area contributed by atoms with Gasteiger partial charge in [-0.2, -0.15) is 26.3 Å². The molecule has 0 saturated carbocycles. The van der Waals surface area contributed by atoms with Gasteiger partial charge in [0.2, 0.25) is 0 Å². The van der Waals surface area contributed by atoms with Gasteiger partial charge in [-0.3, -0.25) is 10.1 Å². The number of hydrogen-bond donors (Lipinski definition) is 0. The van der Waals surface area contributed by atoms with E-state index in [1.807, 2.05) is 0 Å². The zero-order valence-corrected chi connectivity index (χ0v) is 11.1. The van der Waals surface area contributed by atoms with Gasteiger partial charge in [-0.15, -0.1) is 0 Å². The van der Waals surface area contributed by atoms with Crippen molar-refractivity contribution in [3.05, 3.63) is 63.7 Å². The summed E-state index contributed by atoms with van der Waals surface area (Å²) in [4.78, 5) is 9.62. The molecule has 0 unspecified atom stereocenters. The standard InChI is InChI=1S/C14H7F6NO2/c15-13(16,17)9-3-1-8(2-4-9)11-6-5-10(21(22)23)7-12(11)14(18,19)20/h1-7H. The number of nitro benzene ring substituents is 1. The summed E-state index contributed by atoms with van der Waals surface area (Å²) in [5.41, 5.74) is -3.60. The smallest absolute Gasteiger partial charge is 0.258 e. The molecule has 0 aliphatic carbocycles. The van der Waals surface area contributed by atoms with Gasteiger partial charge in [-0.1, -0.05) is 12.1 Å². The Balaban J connectivity index is 2.57. The second-order valence-corrected chi connectivity index (χ2v) is 4.56. The summed E-state index contributed by atoms with van der Waals surface area (Å²) in [6, 6.07) is 5.16. The first-order valence-corrected chi connectivity index (χ1v) is 6.03. The van der Waals surface area contributed by atoms with Gasteiger partial charge in [0.05, 0.1) is 16.1 Å². The maximum absolute atomic E-state index is 13.0. The van der Waals surface area contributed by atoms with Gasteiger partial charge in [0.1, 0.15) is 0 Å². The van der Waals surface area contributed by atoms with Gasteiger partial charge in [-0.25, -0.2) is 0 Å². The molecule has 0 atom stereocenters. The molecule has 23 heavy (non-hydrogen) atoms. The number of alkyl halides is 6. The minimum atomic E-state index is -4.88. The molecule has 2 rings (SSSR count). The van der Waals surface area contributed by atoms with E-state index < -0.39 is 39.7 Å². The second-order valence-electron chi connectivity index (χ2n) is 4.56. The van der Waals surface area contributed by atoms with Crippen molar-refractivity contribution < 1.29 is 31.3 Å². The van der Waals surface area contributed by atoms with Gasteiger partial charge in [-0.05, 0) is 29.3 Å². The van der Waals surface area contributed by atoms with Crippen LogP contribution in [0.25, 0.3) is 11.1 Å². The molecule has 0 aromatic heterocycles. The average molecular weight is 335 g/mol. The first-order chi connectivity index (χ1) is 10.5. The molecule has 0 saturated heterocycles. The predicted octanol–water partition coefficient (Wildman–Crippen LogP) is 5.30. The molecular weight excluding hydrogens is 328 g/mol. The van der Waals surface area contributed by atoms with Crippen LogP contribution in [0.5, 0.6) is 0 Å². The molecule has 0 bridgehead atoms. The van der Waals surface area contributed by atoms with E-state index in [2.05, 4.69) is 0 Å². The van der Waals surface area contributed by atoms with Crippen molar-refractivity contribution in [1.82, 2.24) is 0 Å². The summed E-state index contributed by atoms with van der Waals surface area (Å²) < 4.78 is 76.6. The maximum atomic E-state index is 13.0. The average Bonchev–Trinajstić information content (AvgIpc) is 2.45. The normalized spacial score (nSPS) is 12.3. The lowest BCUT2D eigenvalue weighted by Gasteiger charge is -2.13. The van der Waals surface area contributed by atoms with Crippen LogP contribution in [-0.4, -0.2) is 4.92 Å². The minimum Gasteiger partial charge on any atom is -0.258 e. The predicted molar refractivity (Wildman–Crippen MR) is 68.5 cm³/mol. The van der Waals surface area contributed by atoms with Crippen molar-refractivity contribution in [3.8, 4) is 11.1 Å². The fourth-order valence-corrected chi connectivity index (χ4v) is 1.97. The fraction of sp³-hybridized carbons (Fsp3) is 0.143. The van der Waals surface area contributed by atoms with Crippen LogP contribution in [0.3, 0.4) is 0 Å². The first-order valence-electron chi connectivity index (χ1n) is 6.03. The van der Waals surface area contributed by atoms with Crippen molar-refractivity contribution in [2.24, 2.45) is 0 Å². The Bertz CT molecular complexity index is 734. The van der Waals surface area contributed by atoms with E-state index in [0.29, 0.717) is 18.2 Å². The molecule has 0 heterocycles. The highest BCUT2D eigenvalue weighted by atomic mass is 19.4. The van der Waals surface area contributed by atoms with Gasteiger partial charge in [0.25, 0.3) is 5.69 Å².